The molecule has 0 saturated carbocycles. The SMILES string of the molecule is CC(C)(C)c1ccc(OC(=O)Cc2ccccc2)cc1. The highest BCUT2D eigenvalue weighted by Crippen LogP contribution is 2.24. The Morgan fingerprint density at radius 1 is 0.950 bits per heavy atom. The van der Waals surface area contributed by atoms with E-state index in [9.17, 15) is 4.79 Å². The molecule has 2 nitrogen and oxygen atoms in total. The summed E-state index contributed by atoms with van der Waals surface area (Å²) in [5.41, 5.74) is 2.29. The summed E-state index contributed by atoms with van der Waals surface area (Å²) in [6.07, 6.45) is 0.294. The van der Waals surface area contributed by atoms with Gasteiger partial charge in [-0.25, -0.2) is 0 Å². The molecule has 104 valence electrons. The van der Waals surface area contributed by atoms with Crippen LogP contribution in [0.3, 0.4) is 0 Å². The Bertz CT molecular complexity index is 563. The van der Waals surface area contributed by atoms with Crippen molar-refractivity contribution in [2.24, 2.45) is 0 Å². The molecule has 0 fully saturated rings. The van der Waals surface area contributed by atoms with Crippen LogP contribution in [-0.4, -0.2) is 5.97 Å². The molecule has 0 heterocycles. The molecule has 20 heavy (non-hydrogen) atoms. The fourth-order valence-electron chi connectivity index (χ4n) is 1.95. The first-order valence-corrected chi connectivity index (χ1v) is 6.80. The molecule has 2 rings (SSSR count). The summed E-state index contributed by atoms with van der Waals surface area (Å²) in [5, 5.41) is 0. The lowest BCUT2D eigenvalue weighted by atomic mass is 9.87. The van der Waals surface area contributed by atoms with E-state index in [-0.39, 0.29) is 11.4 Å². The van der Waals surface area contributed by atoms with Crippen LogP contribution in [-0.2, 0) is 16.6 Å². The van der Waals surface area contributed by atoms with Crippen LogP contribution < -0.4 is 4.74 Å². The normalized spacial score (nSPS) is 11.2. The van der Waals surface area contributed by atoms with E-state index in [1.54, 1.807) is 0 Å². The number of carbonyl (C=O) groups excluding carboxylic acids is 1. The fraction of sp³-hybridized carbons (Fsp3) is 0.278. The second-order valence-electron chi connectivity index (χ2n) is 5.91. The van der Waals surface area contributed by atoms with E-state index in [0.717, 1.165) is 5.56 Å². The van der Waals surface area contributed by atoms with E-state index in [1.165, 1.54) is 5.56 Å². The minimum absolute atomic E-state index is 0.104. The molecule has 0 amide bonds. The third-order valence-corrected chi connectivity index (χ3v) is 3.14. The summed E-state index contributed by atoms with van der Waals surface area (Å²) in [6.45, 7) is 6.47. The predicted molar refractivity (Wildman–Crippen MR) is 80.9 cm³/mol. The molecule has 0 spiro atoms. The predicted octanol–water partition coefficient (Wildman–Crippen LogP) is 4.13. The van der Waals surface area contributed by atoms with Gasteiger partial charge in [0, 0.05) is 0 Å². The quantitative estimate of drug-likeness (QED) is 0.618. The first kappa shape index (κ1) is 14.3. The van der Waals surface area contributed by atoms with Crippen molar-refractivity contribution in [3.05, 3.63) is 65.7 Å². The van der Waals surface area contributed by atoms with Crippen LogP contribution in [0.5, 0.6) is 5.75 Å². The molecule has 0 unspecified atom stereocenters. The van der Waals surface area contributed by atoms with Gasteiger partial charge in [0.05, 0.1) is 6.42 Å². The Kier molecular flexibility index (Phi) is 4.23. The highest BCUT2D eigenvalue weighted by atomic mass is 16.5. The zero-order chi connectivity index (χ0) is 14.6. The zero-order valence-corrected chi connectivity index (χ0v) is 12.2. The van der Waals surface area contributed by atoms with Gasteiger partial charge in [0.2, 0.25) is 0 Å². The first-order chi connectivity index (χ1) is 9.45. The number of benzene rings is 2. The highest BCUT2D eigenvalue weighted by Gasteiger charge is 2.13. The van der Waals surface area contributed by atoms with Crippen LogP contribution in [0.25, 0.3) is 0 Å². The van der Waals surface area contributed by atoms with Crippen molar-refractivity contribution in [3.63, 3.8) is 0 Å². The molecule has 0 bridgehead atoms. The topological polar surface area (TPSA) is 26.3 Å². The van der Waals surface area contributed by atoms with Crippen molar-refractivity contribution in [1.29, 1.82) is 0 Å². The van der Waals surface area contributed by atoms with E-state index >= 15 is 0 Å². The summed E-state index contributed by atoms with van der Waals surface area (Å²) >= 11 is 0. The number of rotatable bonds is 3. The largest absolute Gasteiger partial charge is 0.426 e. The molecule has 0 radical (unpaired) electrons. The molecule has 0 aliphatic carbocycles. The lowest BCUT2D eigenvalue weighted by Crippen LogP contribution is -2.13. The van der Waals surface area contributed by atoms with Crippen molar-refractivity contribution >= 4 is 5.97 Å². The maximum atomic E-state index is 11.8. The van der Waals surface area contributed by atoms with E-state index in [2.05, 4.69) is 20.8 Å². The number of hydrogen-bond donors (Lipinski definition) is 0. The average Bonchev–Trinajstić information content (AvgIpc) is 2.39. The van der Waals surface area contributed by atoms with Gasteiger partial charge in [-0.3, -0.25) is 4.79 Å². The Hall–Kier alpha value is -2.09. The van der Waals surface area contributed by atoms with Gasteiger partial charge in [0.15, 0.2) is 0 Å². The average molecular weight is 268 g/mol. The minimum atomic E-state index is -0.236. The van der Waals surface area contributed by atoms with E-state index in [4.69, 9.17) is 4.74 Å². The van der Waals surface area contributed by atoms with Crippen molar-refractivity contribution < 1.29 is 9.53 Å². The zero-order valence-electron chi connectivity index (χ0n) is 12.2. The van der Waals surface area contributed by atoms with E-state index in [0.29, 0.717) is 12.2 Å². The van der Waals surface area contributed by atoms with E-state index in [1.807, 2.05) is 54.6 Å². The summed E-state index contributed by atoms with van der Waals surface area (Å²) < 4.78 is 5.35. The highest BCUT2D eigenvalue weighted by molar-refractivity contribution is 5.75. The molecule has 0 saturated heterocycles. The molecule has 2 aromatic carbocycles. The summed E-state index contributed by atoms with van der Waals surface area (Å²) in [4.78, 5) is 11.8. The molecule has 0 aromatic heterocycles. The lowest BCUT2D eigenvalue weighted by Gasteiger charge is -2.18. The van der Waals surface area contributed by atoms with Gasteiger partial charge in [-0.05, 0) is 28.7 Å². The first-order valence-electron chi connectivity index (χ1n) is 6.80. The summed E-state index contributed by atoms with van der Waals surface area (Å²) in [6, 6.07) is 17.3. The molecule has 0 atom stereocenters. The van der Waals surface area contributed by atoms with Gasteiger partial charge in [-0.2, -0.15) is 0 Å². The smallest absolute Gasteiger partial charge is 0.315 e. The summed E-state index contributed by atoms with van der Waals surface area (Å²) in [5.74, 6) is 0.360. The van der Waals surface area contributed by atoms with Gasteiger partial charge in [0.25, 0.3) is 0 Å². The van der Waals surface area contributed by atoms with Gasteiger partial charge >= 0.3 is 5.97 Å². The van der Waals surface area contributed by atoms with Crippen molar-refractivity contribution in [3.8, 4) is 5.75 Å². The lowest BCUT2D eigenvalue weighted by molar-refractivity contribution is -0.133. The van der Waals surface area contributed by atoms with Gasteiger partial charge in [-0.1, -0.05) is 63.2 Å². The number of hydrogen-bond acceptors (Lipinski definition) is 2. The Morgan fingerprint density at radius 2 is 1.55 bits per heavy atom. The number of ether oxygens (including phenoxy) is 1. The maximum Gasteiger partial charge on any atom is 0.315 e. The van der Waals surface area contributed by atoms with Gasteiger partial charge in [0.1, 0.15) is 5.75 Å². The maximum absolute atomic E-state index is 11.8. The Morgan fingerprint density at radius 3 is 2.10 bits per heavy atom. The molecular weight excluding hydrogens is 248 g/mol. The van der Waals surface area contributed by atoms with Crippen molar-refractivity contribution in [2.75, 3.05) is 0 Å². The summed E-state index contributed by atoms with van der Waals surface area (Å²) in [7, 11) is 0. The van der Waals surface area contributed by atoms with Crippen molar-refractivity contribution in [1.82, 2.24) is 0 Å². The standard InChI is InChI=1S/C18H20O2/c1-18(2,3)15-9-11-16(12-10-15)20-17(19)13-14-7-5-4-6-8-14/h4-12H,13H2,1-3H3. The Balaban J connectivity index is 1.98. The van der Waals surface area contributed by atoms with Crippen LogP contribution in [0.15, 0.2) is 54.6 Å². The van der Waals surface area contributed by atoms with Crippen LogP contribution in [0.1, 0.15) is 31.9 Å². The van der Waals surface area contributed by atoms with Crippen LogP contribution in [0.2, 0.25) is 0 Å². The van der Waals surface area contributed by atoms with Crippen LogP contribution >= 0.6 is 0 Å². The Labute approximate surface area is 120 Å². The van der Waals surface area contributed by atoms with E-state index < -0.39 is 0 Å². The molecule has 0 aliphatic rings. The molecule has 2 aromatic rings. The van der Waals surface area contributed by atoms with Gasteiger partial charge in [-0.15, -0.1) is 0 Å². The monoisotopic (exact) mass is 268 g/mol. The third-order valence-electron chi connectivity index (χ3n) is 3.14. The third kappa shape index (κ3) is 3.95. The van der Waals surface area contributed by atoms with Crippen LogP contribution in [0, 0.1) is 0 Å². The molecule has 2 heteroatoms. The number of esters is 1. The molecule has 0 N–H and O–H groups in total. The number of carbonyl (C=O) groups is 1. The fourth-order valence-corrected chi connectivity index (χ4v) is 1.95. The second kappa shape index (κ2) is 5.91. The van der Waals surface area contributed by atoms with Gasteiger partial charge < -0.3 is 4.74 Å². The molecule has 0 aliphatic heterocycles. The minimum Gasteiger partial charge on any atom is -0.426 e. The molecular formula is C18H20O2. The van der Waals surface area contributed by atoms with Crippen molar-refractivity contribution in [2.45, 2.75) is 32.6 Å². The second-order valence-corrected chi connectivity index (χ2v) is 5.91. The van der Waals surface area contributed by atoms with Crippen LogP contribution in [0.4, 0.5) is 0 Å².